The summed E-state index contributed by atoms with van der Waals surface area (Å²) in [5.74, 6) is 0.103. The molecule has 0 spiro atoms. The summed E-state index contributed by atoms with van der Waals surface area (Å²) in [4.78, 5) is 33.8. The Hall–Kier alpha value is -5.11. The second-order valence-corrected chi connectivity index (χ2v) is 9.17. The molecule has 1 N–H and O–H groups in total. The number of hydrazone groups is 1. The van der Waals surface area contributed by atoms with E-state index in [1.165, 1.54) is 48.5 Å². The number of amides is 1. The third-order valence-corrected chi connectivity index (χ3v) is 6.07. The van der Waals surface area contributed by atoms with Crippen LogP contribution in [-0.4, -0.2) is 38.9 Å². The van der Waals surface area contributed by atoms with E-state index >= 15 is 0 Å². The van der Waals surface area contributed by atoms with Crippen molar-refractivity contribution in [3.8, 4) is 11.5 Å². The van der Waals surface area contributed by atoms with Gasteiger partial charge in [0.25, 0.3) is 11.6 Å². The maximum atomic E-state index is 12.6. The van der Waals surface area contributed by atoms with Gasteiger partial charge in [-0.25, -0.2) is 5.43 Å². The minimum Gasteiger partial charge on any atom is -0.496 e. The monoisotopic (exact) mass is 608 g/mol. The molecule has 4 rings (SSSR count). The molecular formula is C26H21BrN6O7. The van der Waals surface area contributed by atoms with Gasteiger partial charge in [-0.15, -0.1) is 0 Å². The average molecular weight is 609 g/mol. The highest BCUT2D eigenvalue weighted by Gasteiger charge is 2.25. The Balaban J connectivity index is 1.40. The van der Waals surface area contributed by atoms with Gasteiger partial charge in [0.05, 0.1) is 29.7 Å². The number of nitro groups is 2. The molecule has 0 bridgehead atoms. The van der Waals surface area contributed by atoms with Gasteiger partial charge in [-0.2, -0.15) is 10.2 Å². The molecular weight excluding hydrogens is 588 g/mol. The van der Waals surface area contributed by atoms with Crippen LogP contribution in [0.2, 0.25) is 0 Å². The van der Waals surface area contributed by atoms with Crippen LogP contribution in [0, 0.1) is 20.2 Å². The van der Waals surface area contributed by atoms with Gasteiger partial charge in [-0.3, -0.25) is 29.7 Å². The van der Waals surface area contributed by atoms with Crippen LogP contribution in [0.1, 0.15) is 27.2 Å². The maximum absolute atomic E-state index is 12.6. The SMILES string of the molecule is COc1cc(/C=N/NC(=O)c2nn(Cc3ccc(Br)cc3)cc2[N+](=O)[O-])ccc1COc1ccc([N+](=O)[O-])cc1. The summed E-state index contributed by atoms with van der Waals surface area (Å²) in [6.45, 7) is 0.381. The Morgan fingerprint density at radius 2 is 1.80 bits per heavy atom. The molecule has 0 saturated carbocycles. The Kier molecular flexibility index (Phi) is 8.81. The fraction of sp³-hybridized carbons (Fsp3) is 0.115. The predicted molar refractivity (Wildman–Crippen MR) is 148 cm³/mol. The van der Waals surface area contributed by atoms with Crippen molar-refractivity contribution in [3.05, 3.63) is 120 Å². The summed E-state index contributed by atoms with van der Waals surface area (Å²) in [6.07, 6.45) is 2.55. The molecule has 0 fully saturated rings. The van der Waals surface area contributed by atoms with E-state index in [0.29, 0.717) is 22.6 Å². The number of nitrogens with zero attached hydrogens (tertiary/aromatic N) is 5. The van der Waals surface area contributed by atoms with Crippen molar-refractivity contribution in [2.45, 2.75) is 13.2 Å². The third-order valence-electron chi connectivity index (χ3n) is 5.54. The average Bonchev–Trinajstić information content (AvgIpc) is 3.38. The van der Waals surface area contributed by atoms with E-state index in [-0.39, 0.29) is 24.5 Å². The van der Waals surface area contributed by atoms with E-state index in [2.05, 4.69) is 31.6 Å². The first-order valence-electron chi connectivity index (χ1n) is 11.6. The molecule has 1 heterocycles. The third kappa shape index (κ3) is 7.05. The highest BCUT2D eigenvalue weighted by Crippen LogP contribution is 2.24. The molecule has 0 aliphatic carbocycles. The normalized spacial score (nSPS) is 10.8. The number of non-ortho nitro benzene ring substituents is 1. The molecule has 1 amide bonds. The van der Waals surface area contributed by atoms with Crippen LogP contribution in [0.4, 0.5) is 11.4 Å². The summed E-state index contributed by atoms with van der Waals surface area (Å²) in [6, 6.07) is 18.2. The van der Waals surface area contributed by atoms with Gasteiger partial charge in [-0.1, -0.05) is 40.2 Å². The Labute approximate surface area is 235 Å². The first-order valence-corrected chi connectivity index (χ1v) is 12.4. The van der Waals surface area contributed by atoms with Crippen LogP contribution in [0.25, 0.3) is 0 Å². The summed E-state index contributed by atoms with van der Waals surface area (Å²) >= 11 is 3.35. The number of halogens is 1. The van der Waals surface area contributed by atoms with Gasteiger partial charge < -0.3 is 9.47 Å². The number of carbonyl (C=O) groups excluding carboxylic acids is 1. The second kappa shape index (κ2) is 12.6. The van der Waals surface area contributed by atoms with Crippen LogP contribution in [0.3, 0.4) is 0 Å². The number of nitro benzene ring substituents is 1. The van der Waals surface area contributed by atoms with E-state index in [9.17, 15) is 25.0 Å². The fourth-order valence-corrected chi connectivity index (χ4v) is 3.83. The zero-order chi connectivity index (χ0) is 28.6. The number of carbonyl (C=O) groups is 1. The molecule has 13 nitrogen and oxygen atoms in total. The first kappa shape index (κ1) is 27.9. The van der Waals surface area contributed by atoms with E-state index in [0.717, 1.165) is 10.0 Å². The molecule has 0 atom stereocenters. The van der Waals surface area contributed by atoms with Crippen LogP contribution >= 0.6 is 15.9 Å². The van der Waals surface area contributed by atoms with Gasteiger partial charge in [0.2, 0.25) is 5.69 Å². The Morgan fingerprint density at radius 1 is 1.07 bits per heavy atom. The molecule has 3 aromatic carbocycles. The van der Waals surface area contributed by atoms with Crippen LogP contribution in [0.5, 0.6) is 11.5 Å². The standard InChI is InChI=1S/C26H21BrN6O7/c1-39-24-12-18(2-5-19(24)16-40-22-10-8-21(9-11-22)32(35)36)13-28-29-26(34)25-23(33(37)38)15-31(30-25)14-17-3-6-20(27)7-4-17/h2-13,15H,14,16H2,1H3,(H,29,34)/b28-13+. The number of rotatable bonds is 11. The number of aromatic nitrogens is 2. The fourth-order valence-electron chi connectivity index (χ4n) is 3.57. The predicted octanol–water partition coefficient (Wildman–Crippen LogP) is 4.86. The zero-order valence-corrected chi connectivity index (χ0v) is 22.5. The number of nitrogens with one attached hydrogen (secondary N) is 1. The Morgan fingerprint density at radius 3 is 2.45 bits per heavy atom. The molecule has 204 valence electrons. The molecule has 0 saturated heterocycles. The highest BCUT2D eigenvalue weighted by atomic mass is 79.9. The number of ether oxygens (including phenoxy) is 2. The number of benzene rings is 3. The van der Waals surface area contributed by atoms with E-state index < -0.39 is 21.4 Å². The van der Waals surface area contributed by atoms with Crippen LogP contribution < -0.4 is 14.9 Å². The van der Waals surface area contributed by atoms with Crippen molar-refractivity contribution in [1.29, 1.82) is 0 Å². The number of methoxy groups -OCH3 is 1. The topological polar surface area (TPSA) is 164 Å². The van der Waals surface area contributed by atoms with Crippen molar-refractivity contribution in [2.24, 2.45) is 5.10 Å². The molecule has 0 unspecified atom stereocenters. The quantitative estimate of drug-likeness (QED) is 0.143. The van der Waals surface area contributed by atoms with E-state index in [4.69, 9.17) is 9.47 Å². The van der Waals surface area contributed by atoms with Gasteiger partial charge >= 0.3 is 5.69 Å². The number of hydrogen-bond acceptors (Lipinski definition) is 9. The van der Waals surface area contributed by atoms with Crippen LogP contribution in [0.15, 0.2) is 82.5 Å². The van der Waals surface area contributed by atoms with Crippen molar-refractivity contribution >= 4 is 39.4 Å². The number of hydrogen-bond donors (Lipinski definition) is 1. The smallest absolute Gasteiger partial charge is 0.320 e. The summed E-state index contributed by atoms with van der Waals surface area (Å²) in [7, 11) is 1.48. The van der Waals surface area contributed by atoms with Gasteiger partial charge in [0.1, 0.15) is 24.3 Å². The van der Waals surface area contributed by atoms with Crippen molar-refractivity contribution in [3.63, 3.8) is 0 Å². The van der Waals surface area contributed by atoms with Crippen LogP contribution in [-0.2, 0) is 13.2 Å². The minimum absolute atomic E-state index is 0.0377. The molecule has 0 aliphatic rings. The van der Waals surface area contributed by atoms with Crippen molar-refractivity contribution < 1.29 is 24.1 Å². The lowest BCUT2D eigenvalue weighted by Gasteiger charge is -2.11. The first-order chi connectivity index (χ1) is 19.2. The van der Waals surface area contributed by atoms with Gasteiger partial charge in [-0.05, 0) is 41.5 Å². The second-order valence-electron chi connectivity index (χ2n) is 8.25. The minimum atomic E-state index is -0.836. The Bertz CT molecular complexity index is 1570. The molecule has 40 heavy (non-hydrogen) atoms. The van der Waals surface area contributed by atoms with Crippen molar-refractivity contribution in [1.82, 2.24) is 15.2 Å². The maximum Gasteiger partial charge on any atom is 0.320 e. The lowest BCUT2D eigenvalue weighted by Crippen LogP contribution is -2.19. The van der Waals surface area contributed by atoms with E-state index in [1.54, 1.807) is 18.2 Å². The molecule has 0 radical (unpaired) electrons. The molecule has 1 aromatic heterocycles. The molecule has 4 aromatic rings. The van der Waals surface area contributed by atoms with E-state index in [1.807, 2.05) is 24.3 Å². The van der Waals surface area contributed by atoms with Crippen molar-refractivity contribution in [2.75, 3.05) is 7.11 Å². The lowest BCUT2D eigenvalue weighted by atomic mass is 10.1. The van der Waals surface area contributed by atoms with Gasteiger partial charge in [0.15, 0.2) is 0 Å². The molecule has 0 aliphatic heterocycles. The highest BCUT2D eigenvalue weighted by molar-refractivity contribution is 9.10. The molecule has 14 heteroatoms. The summed E-state index contributed by atoms with van der Waals surface area (Å²) in [5.41, 5.74) is 3.55. The summed E-state index contributed by atoms with van der Waals surface area (Å²) in [5, 5.41) is 30.3. The largest absolute Gasteiger partial charge is 0.496 e. The van der Waals surface area contributed by atoms with Gasteiger partial charge in [0, 0.05) is 22.2 Å². The summed E-state index contributed by atoms with van der Waals surface area (Å²) < 4.78 is 13.3. The zero-order valence-electron chi connectivity index (χ0n) is 20.9. The lowest BCUT2D eigenvalue weighted by molar-refractivity contribution is -0.385.